The van der Waals surface area contributed by atoms with Gasteiger partial charge in [0.15, 0.2) is 0 Å². The van der Waals surface area contributed by atoms with Crippen LogP contribution in [0.25, 0.3) is 11.0 Å². The number of hydrogen-bond donors (Lipinski definition) is 0. The number of fused-ring (bicyclic) bond motifs is 1. The Morgan fingerprint density at radius 1 is 1.25 bits per heavy atom. The maximum Gasteiger partial charge on any atom is 0 e. The Morgan fingerprint density at radius 2 is 2.08 bits per heavy atom. The summed E-state index contributed by atoms with van der Waals surface area (Å²) in [6, 6.07) is 8.39. The van der Waals surface area contributed by atoms with Crippen molar-refractivity contribution in [2.75, 3.05) is 0 Å². The molecule has 12 heavy (non-hydrogen) atoms. The van der Waals surface area contributed by atoms with Crippen LogP contribution in [0.15, 0.2) is 24.4 Å². The van der Waals surface area contributed by atoms with Gasteiger partial charge in [-0.15, -0.1) is 12.3 Å². The van der Waals surface area contributed by atoms with Crippen molar-refractivity contribution in [3.8, 4) is 0 Å². The van der Waals surface area contributed by atoms with Crippen LogP contribution in [0.3, 0.4) is 0 Å². The van der Waals surface area contributed by atoms with Gasteiger partial charge in [0.1, 0.15) is 0 Å². The minimum atomic E-state index is 0. The van der Waals surface area contributed by atoms with Crippen molar-refractivity contribution in [2.45, 2.75) is 0 Å². The van der Waals surface area contributed by atoms with Crippen molar-refractivity contribution in [1.82, 2.24) is 9.97 Å². The molecule has 1 radical (unpaired) electrons. The van der Waals surface area contributed by atoms with Crippen molar-refractivity contribution >= 4 is 11.0 Å². The molecule has 1 aromatic carbocycles. The second kappa shape index (κ2) is 5.91. The Labute approximate surface area is 110 Å². The first-order chi connectivity index (χ1) is 4.97. The summed E-state index contributed by atoms with van der Waals surface area (Å²) in [6.45, 7) is 0. The summed E-state index contributed by atoms with van der Waals surface area (Å²) in [7, 11) is 0. The van der Waals surface area contributed by atoms with E-state index < -0.39 is 0 Å². The van der Waals surface area contributed by atoms with E-state index in [-0.39, 0.29) is 53.8 Å². The molecule has 0 saturated heterocycles. The summed E-state index contributed by atoms with van der Waals surface area (Å²) in [5.74, 6) is 0. The molecule has 1 aromatic heterocycles. The predicted octanol–water partition coefficient (Wildman–Crippen LogP) is 1.23. The summed E-state index contributed by atoms with van der Waals surface area (Å²) < 4.78 is 0. The zero-order chi connectivity index (χ0) is 6.81. The molecule has 0 aliphatic carbocycles. The topological polar surface area (TPSA) is 25.8 Å². The number of benzene rings is 1. The van der Waals surface area contributed by atoms with E-state index in [2.05, 4.69) is 22.2 Å². The van der Waals surface area contributed by atoms with E-state index in [1.807, 2.05) is 12.1 Å². The third kappa shape index (κ3) is 2.69. The molecule has 0 aliphatic rings. The van der Waals surface area contributed by atoms with Crippen molar-refractivity contribution in [3.63, 3.8) is 0 Å². The molecule has 0 spiro atoms. The number of hydrogen-bond acceptors (Lipinski definition) is 2. The number of nitrogens with zero attached hydrogens (tertiary/aromatic N) is 2. The van der Waals surface area contributed by atoms with E-state index in [0.717, 1.165) is 11.0 Å². The average Bonchev–Trinajstić information content (AvgIpc) is 2.05. The molecule has 0 saturated carbocycles. The predicted molar refractivity (Wildman–Crippen MR) is 37.2 cm³/mol. The fourth-order valence-electron chi connectivity index (χ4n) is 0.809. The second-order valence-corrected chi connectivity index (χ2v) is 1.91. The van der Waals surface area contributed by atoms with Crippen LogP contribution < -0.4 is 0 Å². The van der Waals surface area contributed by atoms with Gasteiger partial charge >= 0.3 is 0 Å². The van der Waals surface area contributed by atoms with Gasteiger partial charge in [-0.05, 0) is 6.20 Å². The first-order valence-corrected chi connectivity index (χ1v) is 2.96. The van der Waals surface area contributed by atoms with Crippen molar-refractivity contribution < 1.29 is 53.8 Å². The largest absolute Gasteiger partial charge is 0.450 e. The van der Waals surface area contributed by atoms with Crippen LogP contribution in [0.1, 0.15) is 0 Å². The average molecular weight is 401 g/mol. The van der Waals surface area contributed by atoms with Crippen molar-refractivity contribution in [1.29, 1.82) is 0 Å². The van der Waals surface area contributed by atoms with E-state index in [1.54, 1.807) is 12.3 Å². The summed E-state index contributed by atoms with van der Waals surface area (Å²) in [5, 5.41) is 0. The third-order valence-corrected chi connectivity index (χ3v) is 1.27. The van der Waals surface area contributed by atoms with Gasteiger partial charge in [0.2, 0.25) is 0 Å². The van der Waals surface area contributed by atoms with Crippen molar-refractivity contribution in [2.24, 2.45) is 0 Å². The molecule has 0 bridgehead atoms. The van der Waals surface area contributed by atoms with Crippen LogP contribution in [-0.4, -0.2) is 9.97 Å². The van der Waals surface area contributed by atoms with Gasteiger partial charge in [0.25, 0.3) is 0 Å². The molecule has 0 unspecified atom stereocenters. The van der Waals surface area contributed by atoms with Gasteiger partial charge in [-0.25, -0.2) is 0 Å². The van der Waals surface area contributed by atoms with E-state index in [4.69, 9.17) is 0 Å². The second-order valence-electron chi connectivity index (χ2n) is 1.91. The van der Waals surface area contributed by atoms with Crippen LogP contribution in [0, 0.1) is 12.3 Å². The maximum absolute atomic E-state index is 4.04. The monoisotopic (exact) mass is 401 g/mol. The molecule has 0 atom stereocenters. The molecule has 2 nitrogen and oxygen atoms in total. The van der Waals surface area contributed by atoms with Gasteiger partial charge in [-0.3, -0.25) is 0 Å². The fraction of sp³-hybridized carbons (Fsp3) is 0. The molecule has 57 valence electrons. The Bertz CT molecular complexity index is 288. The SMILES string of the molecule is [W].[Y].[c-]1ccc2nc[c-]nc2c1. The third-order valence-electron chi connectivity index (χ3n) is 1.27. The van der Waals surface area contributed by atoms with Crippen LogP contribution in [-0.2, 0) is 53.8 Å². The van der Waals surface area contributed by atoms with Crippen LogP contribution >= 0.6 is 0 Å². The van der Waals surface area contributed by atoms with Gasteiger partial charge in [0.05, 0.1) is 0 Å². The van der Waals surface area contributed by atoms with Gasteiger partial charge in [0, 0.05) is 53.8 Å². The van der Waals surface area contributed by atoms with E-state index >= 15 is 0 Å². The van der Waals surface area contributed by atoms with Gasteiger partial charge in [-0.2, -0.15) is 18.2 Å². The quantitative estimate of drug-likeness (QED) is 0.622. The summed E-state index contributed by atoms with van der Waals surface area (Å²) in [4.78, 5) is 8.01. The molecule has 4 heteroatoms. The molecule has 2 aromatic rings. The molecule has 0 N–H and O–H groups in total. The first-order valence-electron chi connectivity index (χ1n) is 2.96. The molecule has 2 rings (SSSR count). The maximum atomic E-state index is 4.04. The van der Waals surface area contributed by atoms with E-state index in [1.165, 1.54) is 0 Å². The Hall–Kier alpha value is 0.352. The molecule has 0 aliphatic heterocycles. The zero-order valence-corrected chi connectivity index (χ0v) is 12.0. The Balaban J connectivity index is 0.000000605. The van der Waals surface area contributed by atoms with Crippen LogP contribution in [0.4, 0.5) is 0 Å². The van der Waals surface area contributed by atoms with Gasteiger partial charge in [-0.1, -0.05) is 11.0 Å². The van der Waals surface area contributed by atoms with Crippen LogP contribution in [0.2, 0.25) is 0 Å². The van der Waals surface area contributed by atoms with E-state index in [9.17, 15) is 0 Å². The van der Waals surface area contributed by atoms with Gasteiger partial charge < -0.3 is 9.97 Å². The minimum absolute atomic E-state index is 0. The smallest absolute Gasteiger partial charge is 0 e. The summed E-state index contributed by atoms with van der Waals surface area (Å²) in [5.41, 5.74) is 1.72. The molecular weight excluding hydrogens is 397 g/mol. The first kappa shape index (κ1) is 12.4. The molecular formula is C8H4N2WY-2. The summed E-state index contributed by atoms with van der Waals surface area (Å²) >= 11 is 0. The zero-order valence-electron chi connectivity index (χ0n) is 6.19. The number of aromatic nitrogens is 2. The molecule has 0 fully saturated rings. The fourth-order valence-corrected chi connectivity index (χ4v) is 0.809. The normalized spacial score (nSPS) is 8.33. The Kier molecular flexibility index (Phi) is 6.08. The minimum Gasteiger partial charge on any atom is -0.450 e. The standard InChI is InChI=1S/C8H4N2.W.Y/c1-2-4-8-7(3-1)9-5-6-10-8;;/h1,3-5H;;/q-2;;. The van der Waals surface area contributed by atoms with E-state index in [0.29, 0.717) is 0 Å². The summed E-state index contributed by atoms with van der Waals surface area (Å²) in [6.07, 6.45) is 4.21. The van der Waals surface area contributed by atoms with Crippen LogP contribution in [0.5, 0.6) is 0 Å². The Morgan fingerprint density at radius 3 is 2.83 bits per heavy atom. The van der Waals surface area contributed by atoms with Crippen molar-refractivity contribution in [3.05, 3.63) is 36.7 Å². The molecule has 0 amide bonds. The molecule has 1 heterocycles. The number of rotatable bonds is 0.